The maximum atomic E-state index is 13.2. The zero-order valence-electron chi connectivity index (χ0n) is 17.3. The van der Waals surface area contributed by atoms with Crippen molar-refractivity contribution in [1.29, 1.82) is 0 Å². The van der Waals surface area contributed by atoms with Gasteiger partial charge in [0.1, 0.15) is 28.6 Å². The third kappa shape index (κ3) is 4.24. The molecule has 0 aliphatic carbocycles. The van der Waals surface area contributed by atoms with E-state index in [0.29, 0.717) is 28.2 Å². The lowest BCUT2D eigenvalue weighted by Gasteiger charge is -2.10. The first-order valence-corrected chi connectivity index (χ1v) is 9.61. The van der Waals surface area contributed by atoms with Crippen molar-refractivity contribution in [2.45, 2.75) is 0 Å². The van der Waals surface area contributed by atoms with Crippen LogP contribution in [0.15, 0.2) is 71.1 Å². The van der Waals surface area contributed by atoms with E-state index in [0.717, 1.165) is 0 Å². The molecule has 0 atom stereocenters. The molecule has 4 rings (SSSR count). The molecule has 7 nitrogen and oxygen atoms in total. The van der Waals surface area contributed by atoms with Gasteiger partial charge < -0.3 is 24.5 Å². The summed E-state index contributed by atoms with van der Waals surface area (Å²) in [7, 11) is 2.97. The smallest absolute Gasteiger partial charge is 0.293 e. The van der Waals surface area contributed by atoms with Gasteiger partial charge in [0.2, 0.25) is 5.76 Å². The Bertz CT molecular complexity index is 1280. The minimum atomic E-state index is -0.591. The van der Waals surface area contributed by atoms with E-state index in [1.54, 1.807) is 42.5 Å². The van der Waals surface area contributed by atoms with E-state index in [9.17, 15) is 14.0 Å². The van der Waals surface area contributed by atoms with Crippen molar-refractivity contribution in [3.63, 3.8) is 0 Å². The molecule has 4 aromatic rings. The zero-order valence-corrected chi connectivity index (χ0v) is 17.3. The van der Waals surface area contributed by atoms with E-state index in [4.69, 9.17) is 13.9 Å². The molecule has 0 saturated carbocycles. The standard InChI is InChI=1S/C24H19FN2O5/c1-30-17-11-14(12-18(13-17)31-2)23(28)27-21-19-5-3-4-6-20(19)32-22(21)24(29)26-16-9-7-15(25)8-10-16/h3-13H,1-2H3,(H,26,29)(H,27,28). The fourth-order valence-electron chi connectivity index (χ4n) is 3.17. The normalized spacial score (nSPS) is 10.6. The topological polar surface area (TPSA) is 89.8 Å². The van der Waals surface area contributed by atoms with E-state index in [1.165, 1.54) is 38.5 Å². The summed E-state index contributed by atoms with van der Waals surface area (Å²) in [4.78, 5) is 25.9. The molecule has 0 saturated heterocycles. The average molecular weight is 434 g/mol. The number of halogens is 1. The predicted molar refractivity (Wildman–Crippen MR) is 118 cm³/mol. The zero-order chi connectivity index (χ0) is 22.7. The van der Waals surface area contributed by atoms with Crippen LogP contribution in [-0.4, -0.2) is 26.0 Å². The summed E-state index contributed by atoms with van der Waals surface area (Å²) >= 11 is 0. The molecule has 0 spiro atoms. The van der Waals surface area contributed by atoms with Gasteiger partial charge in [-0.1, -0.05) is 12.1 Å². The number of carbonyl (C=O) groups is 2. The highest BCUT2D eigenvalue weighted by Crippen LogP contribution is 2.32. The first-order valence-electron chi connectivity index (χ1n) is 9.61. The van der Waals surface area contributed by atoms with Gasteiger partial charge in [-0.25, -0.2) is 4.39 Å². The monoisotopic (exact) mass is 434 g/mol. The van der Waals surface area contributed by atoms with Crippen LogP contribution in [0.25, 0.3) is 11.0 Å². The Morgan fingerprint density at radius 3 is 2.16 bits per heavy atom. The number of methoxy groups -OCH3 is 2. The van der Waals surface area contributed by atoms with Crippen molar-refractivity contribution in [2.75, 3.05) is 24.9 Å². The van der Waals surface area contributed by atoms with Gasteiger partial charge in [-0.05, 0) is 48.5 Å². The second-order valence-electron chi connectivity index (χ2n) is 6.82. The van der Waals surface area contributed by atoms with Crippen molar-refractivity contribution in [3.8, 4) is 11.5 Å². The number of fused-ring (bicyclic) bond motifs is 1. The molecule has 32 heavy (non-hydrogen) atoms. The van der Waals surface area contributed by atoms with Crippen LogP contribution >= 0.6 is 0 Å². The molecule has 2 N–H and O–H groups in total. The first kappa shape index (κ1) is 20.9. The van der Waals surface area contributed by atoms with E-state index >= 15 is 0 Å². The lowest BCUT2D eigenvalue weighted by atomic mass is 10.1. The van der Waals surface area contributed by atoms with Gasteiger partial charge in [0.25, 0.3) is 11.8 Å². The summed E-state index contributed by atoms with van der Waals surface area (Å²) in [6, 6.07) is 17.0. The van der Waals surface area contributed by atoms with Crippen molar-refractivity contribution < 1.29 is 27.9 Å². The molecule has 3 aromatic carbocycles. The summed E-state index contributed by atoms with van der Waals surface area (Å²) in [5.74, 6) is -0.690. The molecule has 1 heterocycles. The van der Waals surface area contributed by atoms with E-state index in [2.05, 4.69) is 10.6 Å². The summed E-state index contributed by atoms with van der Waals surface area (Å²) in [6.45, 7) is 0. The largest absolute Gasteiger partial charge is 0.497 e. The fourth-order valence-corrected chi connectivity index (χ4v) is 3.17. The Kier molecular flexibility index (Phi) is 5.76. The van der Waals surface area contributed by atoms with Gasteiger partial charge in [0.15, 0.2) is 0 Å². The SMILES string of the molecule is COc1cc(OC)cc(C(=O)Nc2c(C(=O)Nc3ccc(F)cc3)oc3ccccc23)c1. The number of para-hydroxylation sites is 1. The summed E-state index contributed by atoms with van der Waals surface area (Å²) in [5, 5.41) is 5.96. The lowest BCUT2D eigenvalue weighted by molar-refractivity contribution is 0.0999. The third-order valence-electron chi connectivity index (χ3n) is 4.76. The second kappa shape index (κ2) is 8.81. The highest BCUT2D eigenvalue weighted by Gasteiger charge is 2.23. The Balaban J connectivity index is 1.69. The average Bonchev–Trinajstić information content (AvgIpc) is 3.18. The van der Waals surface area contributed by atoms with Gasteiger partial charge in [-0.15, -0.1) is 0 Å². The van der Waals surface area contributed by atoms with Crippen molar-refractivity contribution >= 4 is 34.2 Å². The summed E-state index contributed by atoms with van der Waals surface area (Å²) < 4.78 is 29.3. The van der Waals surface area contributed by atoms with Crippen molar-refractivity contribution in [2.24, 2.45) is 0 Å². The van der Waals surface area contributed by atoms with E-state index in [1.807, 2.05) is 0 Å². The number of hydrogen-bond acceptors (Lipinski definition) is 5. The molecular weight excluding hydrogens is 415 g/mol. The molecule has 0 fully saturated rings. The molecule has 8 heteroatoms. The maximum Gasteiger partial charge on any atom is 0.293 e. The van der Waals surface area contributed by atoms with Crippen molar-refractivity contribution in [1.82, 2.24) is 0 Å². The Hall–Kier alpha value is -4.33. The first-order chi connectivity index (χ1) is 15.5. The predicted octanol–water partition coefficient (Wildman–Crippen LogP) is 5.09. The highest BCUT2D eigenvalue weighted by molar-refractivity contribution is 6.17. The molecule has 162 valence electrons. The molecule has 0 aliphatic rings. The Labute approximate surface area is 182 Å². The summed E-state index contributed by atoms with van der Waals surface area (Å²) in [6.07, 6.45) is 0. The maximum absolute atomic E-state index is 13.2. The minimum absolute atomic E-state index is 0.0845. The van der Waals surface area contributed by atoms with Gasteiger partial charge in [0, 0.05) is 22.7 Å². The summed E-state index contributed by atoms with van der Waals surface area (Å²) in [5.41, 5.74) is 1.30. The molecule has 2 amide bonds. The fraction of sp³-hybridized carbons (Fsp3) is 0.0833. The quantitative estimate of drug-likeness (QED) is 0.441. The van der Waals surface area contributed by atoms with Crippen LogP contribution in [0.3, 0.4) is 0 Å². The number of benzene rings is 3. The number of rotatable bonds is 6. The van der Waals surface area contributed by atoms with Crippen LogP contribution in [0.4, 0.5) is 15.8 Å². The number of carbonyl (C=O) groups excluding carboxylic acids is 2. The Morgan fingerprint density at radius 2 is 1.50 bits per heavy atom. The van der Waals surface area contributed by atoms with E-state index in [-0.39, 0.29) is 17.0 Å². The van der Waals surface area contributed by atoms with Gasteiger partial charge in [0.05, 0.1) is 14.2 Å². The molecule has 0 radical (unpaired) electrons. The molecule has 0 aliphatic heterocycles. The number of hydrogen-bond donors (Lipinski definition) is 2. The number of ether oxygens (including phenoxy) is 2. The molecule has 0 bridgehead atoms. The van der Waals surface area contributed by atoms with Crippen LogP contribution in [0, 0.1) is 5.82 Å². The lowest BCUT2D eigenvalue weighted by Crippen LogP contribution is -2.17. The van der Waals surface area contributed by atoms with Crippen LogP contribution in [0.1, 0.15) is 20.9 Å². The third-order valence-corrected chi connectivity index (χ3v) is 4.76. The number of anilines is 2. The minimum Gasteiger partial charge on any atom is -0.497 e. The number of amides is 2. The van der Waals surface area contributed by atoms with Gasteiger partial charge in [-0.3, -0.25) is 9.59 Å². The number of furan rings is 1. The van der Waals surface area contributed by atoms with Gasteiger partial charge >= 0.3 is 0 Å². The van der Waals surface area contributed by atoms with Gasteiger partial charge in [-0.2, -0.15) is 0 Å². The molecular formula is C24H19FN2O5. The second-order valence-corrected chi connectivity index (χ2v) is 6.82. The Morgan fingerprint density at radius 1 is 0.844 bits per heavy atom. The van der Waals surface area contributed by atoms with Crippen LogP contribution in [0.2, 0.25) is 0 Å². The van der Waals surface area contributed by atoms with Crippen LogP contribution in [0.5, 0.6) is 11.5 Å². The molecule has 0 unspecified atom stereocenters. The molecule has 1 aromatic heterocycles. The number of nitrogens with one attached hydrogen (secondary N) is 2. The van der Waals surface area contributed by atoms with Crippen LogP contribution < -0.4 is 20.1 Å². The van der Waals surface area contributed by atoms with Crippen LogP contribution in [-0.2, 0) is 0 Å². The van der Waals surface area contributed by atoms with E-state index < -0.39 is 17.6 Å². The highest BCUT2D eigenvalue weighted by atomic mass is 19.1. The van der Waals surface area contributed by atoms with Crippen molar-refractivity contribution in [3.05, 3.63) is 83.9 Å².